The fraction of sp³-hybridized carbons (Fsp3) is 0.0714. The maximum atomic E-state index is 12.6. The van der Waals surface area contributed by atoms with Crippen LogP contribution in [0, 0.1) is 17.0 Å². The second kappa shape index (κ2) is 11.0. The number of nitro groups is 1. The van der Waals surface area contributed by atoms with Crippen LogP contribution in [0.5, 0.6) is 11.5 Å². The number of carbonyl (C=O) groups excluding carboxylic acids is 2. The van der Waals surface area contributed by atoms with Gasteiger partial charge >= 0.3 is 5.97 Å². The highest BCUT2D eigenvalue weighted by molar-refractivity contribution is 6.04. The minimum atomic E-state index is -0.539. The van der Waals surface area contributed by atoms with Crippen LogP contribution < -0.4 is 10.1 Å². The van der Waals surface area contributed by atoms with Crippen molar-refractivity contribution < 1.29 is 24.0 Å². The minimum absolute atomic E-state index is 0.0102. The molecule has 0 saturated carbocycles. The van der Waals surface area contributed by atoms with Gasteiger partial charge in [-0.2, -0.15) is 0 Å². The predicted octanol–water partition coefficient (Wildman–Crippen LogP) is 6.30. The third-order valence-electron chi connectivity index (χ3n) is 5.22. The van der Waals surface area contributed by atoms with E-state index >= 15 is 0 Å². The van der Waals surface area contributed by atoms with Gasteiger partial charge in [0.1, 0.15) is 18.1 Å². The molecule has 1 amide bonds. The lowest BCUT2D eigenvalue weighted by Gasteiger charge is -2.10. The lowest BCUT2D eigenvalue weighted by molar-refractivity contribution is -0.384. The number of nitro benzene ring substituents is 1. The normalized spacial score (nSPS) is 10.4. The highest BCUT2D eigenvalue weighted by atomic mass is 16.6. The van der Waals surface area contributed by atoms with Crippen LogP contribution in [-0.4, -0.2) is 16.8 Å². The molecular formula is C28H22N2O6. The van der Waals surface area contributed by atoms with Crippen molar-refractivity contribution in [2.24, 2.45) is 0 Å². The lowest BCUT2D eigenvalue weighted by Crippen LogP contribution is -2.12. The van der Waals surface area contributed by atoms with E-state index in [0.29, 0.717) is 33.9 Å². The van der Waals surface area contributed by atoms with Gasteiger partial charge < -0.3 is 14.8 Å². The van der Waals surface area contributed by atoms with Crippen LogP contribution in [0.15, 0.2) is 97.1 Å². The average molecular weight is 482 g/mol. The summed E-state index contributed by atoms with van der Waals surface area (Å²) in [6.45, 7) is 1.95. The van der Waals surface area contributed by atoms with Gasteiger partial charge in [0.2, 0.25) is 0 Å². The molecule has 0 saturated heterocycles. The predicted molar refractivity (Wildman–Crippen MR) is 134 cm³/mol. The summed E-state index contributed by atoms with van der Waals surface area (Å²) >= 11 is 0. The molecule has 1 N–H and O–H groups in total. The molecule has 180 valence electrons. The quantitative estimate of drug-likeness (QED) is 0.179. The number of nitrogens with zero attached hydrogens (tertiary/aromatic N) is 1. The molecule has 0 bridgehead atoms. The van der Waals surface area contributed by atoms with Crippen molar-refractivity contribution >= 4 is 23.3 Å². The fourth-order valence-corrected chi connectivity index (χ4v) is 3.34. The fourth-order valence-electron chi connectivity index (χ4n) is 3.34. The van der Waals surface area contributed by atoms with Crippen LogP contribution in [0.2, 0.25) is 0 Å². The highest BCUT2D eigenvalue weighted by Crippen LogP contribution is 2.25. The van der Waals surface area contributed by atoms with Crippen molar-refractivity contribution in [3.8, 4) is 11.5 Å². The summed E-state index contributed by atoms with van der Waals surface area (Å²) < 4.78 is 11.2. The van der Waals surface area contributed by atoms with Gasteiger partial charge in [0, 0.05) is 23.4 Å². The summed E-state index contributed by atoms with van der Waals surface area (Å²) in [7, 11) is 0. The number of hydrogen-bond acceptors (Lipinski definition) is 6. The number of amides is 1. The first kappa shape index (κ1) is 24.2. The Morgan fingerprint density at radius 3 is 2.28 bits per heavy atom. The van der Waals surface area contributed by atoms with Crippen molar-refractivity contribution in [3.05, 3.63) is 129 Å². The number of nitrogens with one attached hydrogen (secondary N) is 1. The van der Waals surface area contributed by atoms with Crippen LogP contribution in [0.25, 0.3) is 0 Å². The van der Waals surface area contributed by atoms with Gasteiger partial charge in [0.15, 0.2) is 0 Å². The summed E-state index contributed by atoms with van der Waals surface area (Å²) in [6.07, 6.45) is 0. The number of ether oxygens (including phenoxy) is 2. The van der Waals surface area contributed by atoms with Crippen LogP contribution in [0.1, 0.15) is 31.8 Å². The van der Waals surface area contributed by atoms with E-state index < -0.39 is 10.9 Å². The minimum Gasteiger partial charge on any atom is -0.457 e. The Kier molecular flexibility index (Phi) is 7.36. The molecule has 0 aliphatic carbocycles. The molecular weight excluding hydrogens is 460 g/mol. The molecule has 4 rings (SSSR count). The van der Waals surface area contributed by atoms with E-state index in [2.05, 4.69) is 5.32 Å². The Hall–Kier alpha value is -4.98. The van der Waals surface area contributed by atoms with Gasteiger partial charge in [-0.15, -0.1) is 0 Å². The number of anilines is 1. The zero-order valence-electron chi connectivity index (χ0n) is 19.3. The molecule has 0 unspecified atom stereocenters. The molecule has 8 nitrogen and oxygen atoms in total. The molecule has 0 spiro atoms. The summed E-state index contributed by atoms with van der Waals surface area (Å²) in [4.78, 5) is 35.4. The number of benzene rings is 4. The van der Waals surface area contributed by atoms with Crippen molar-refractivity contribution in [1.82, 2.24) is 0 Å². The molecule has 0 atom stereocenters. The van der Waals surface area contributed by atoms with Crippen LogP contribution in [-0.2, 0) is 11.3 Å². The van der Waals surface area contributed by atoms with Crippen LogP contribution >= 0.6 is 0 Å². The summed E-state index contributed by atoms with van der Waals surface area (Å²) in [5.74, 6) is 0.131. The van der Waals surface area contributed by atoms with Crippen LogP contribution in [0.3, 0.4) is 0 Å². The maximum absolute atomic E-state index is 12.6. The summed E-state index contributed by atoms with van der Waals surface area (Å²) in [5, 5.41) is 13.6. The van der Waals surface area contributed by atoms with E-state index in [1.165, 1.54) is 24.3 Å². The molecule has 0 aliphatic heterocycles. The Morgan fingerprint density at radius 2 is 1.56 bits per heavy atom. The van der Waals surface area contributed by atoms with Crippen molar-refractivity contribution in [3.63, 3.8) is 0 Å². The largest absolute Gasteiger partial charge is 0.457 e. The topological polar surface area (TPSA) is 108 Å². The number of esters is 1. The van der Waals surface area contributed by atoms with Gasteiger partial charge in [-0.1, -0.05) is 35.9 Å². The molecule has 36 heavy (non-hydrogen) atoms. The second-order valence-corrected chi connectivity index (χ2v) is 7.98. The van der Waals surface area contributed by atoms with E-state index in [9.17, 15) is 19.7 Å². The number of hydrogen-bond donors (Lipinski definition) is 1. The van der Waals surface area contributed by atoms with Gasteiger partial charge in [0.25, 0.3) is 11.6 Å². The number of rotatable bonds is 8. The van der Waals surface area contributed by atoms with Crippen LogP contribution in [0.4, 0.5) is 11.4 Å². The zero-order valence-corrected chi connectivity index (χ0v) is 19.3. The van der Waals surface area contributed by atoms with Crippen molar-refractivity contribution in [1.29, 1.82) is 0 Å². The highest BCUT2D eigenvalue weighted by Gasteiger charge is 2.11. The Morgan fingerprint density at radius 1 is 0.833 bits per heavy atom. The molecule has 8 heteroatoms. The smallest absolute Gasteiger partial charge is 0.338 e. The Bertz CT molecular complexity index is 1400. The van der Waals surface area contributed by atoms with Crippen molar-refractivity contribution in [2.75, 3.05) is 5.32 Å². The first-order valence-electron chi connectivity index (χ1n) is 11.0. The number of carbonyl (C=O) groups is 2. The van der Waals surface area contributed by atoms with Crippen molar-refractivity contribution in [2.45, 2.75) is 13.5 Å². The first-order valence-corrected chi connectivity index (χ1v) is 11.0. The maximum Gasteiger partial charge on any atom is 0.338 e. The Labute approximate surface area is 207 Å². The van der Waals surface area contributed by atoms with E-state index in [4.69, 9.17) is 9.47 Å². The monoisotopic (exact) mass is 482 g/mol. The van der Waals surface area contributed by atoms with E-state index in [1.807, 2.05) is 19.1 Å². The third-order valence-corrected chi connectivity index (χ3v) is 5.22. The van der Waals surface area contributed by atoms with E-state index in [0.717, 1.165) is 5.56 Å². The second-order valence-electron chi connectivity index (χ2n) is 7.98. The van der Waals surface area contributed by atoms with Gasteiger partial charge in [-0.05, 0) is 67.1 Å². The first-order chi connectivity index (χ1) is 17.4. The third kappa shape index (κ3) is 6.32. The zero-order chi connectivity index (χ0) is 25.5. The summed E-state index contributed by atoms with van der Waals surface area (Å²) in [5.41, 5.74) is 3.03. The van der Waals surface area contributed by atoms with E-state index in [1.54, 1.807) is 60.7 Å². The average Bonchev–Trinajstić information content (AvgIpc) is 2.88. The molecule has 4 aromatic carbocycles. The molecule has 4 aromatic rings. The molecule has 0 aliphatic rings. The molecule has 0 heterocycles. The molecule has 0 fully saturated rings. The van der Waals surface area contributed by atoms with Gasteiger partial charge in [-0.3, -0.25) is 14.9 Å². The number of non-ortho nitro benzene ring substituents is 1. The van der Waals surface area contributed by atoms with Gasteiger partial charge in [0.05, 0.1) is 10.5 Å². The molecule has 0 aromatic heterocycles. The Balaban J connectivity index is 1.35. The van der Waals surface area contributed by atoms with E-state index in [-0.39, 0.29) is 18.2 Å². The number of aryl methyl sites for hydroxylation is 1. The lowest BCUT2D eigenvalue weighted by atomic mass is 10.1. The standard InChI is InChI=1S/C28H22N2O6/c1-19-8-10-21(11-9-19)27(31)29-23-6-3-5-22(17-23)28(32)35-18-20-4-2-7-26(16-20)36-25-14-12-24(13-15-25)30(33)34/h2-17H,18H2,1H3,(H,29,31). The summed E-state index contributed by atoms with van der Waals surface area (Å²) in [6, 6.07) is 26.4. The SMILES string of the molecule is Cc1ccc(C(=O)Nc2cccc(C(=O)OCc3cccc(Oc4ccc([N+](=O)[O-])cc4)c3)c2)cc1. The van der Waals surface area contributed by atoms with Gasteiger partial charge in [-0.25, -0.2) is 4.79 Å². The molecule has 0 radical (unpaired) electrons.